The molecule has 1 atom stereocenters. The zero-order valence-electron chi connectivity index (χ0n) is 9.46. The Morgan fingerprint density at radius 2 is 2.14 bits per heavy atom. The van der Waals surface area contributed by atoms with Crippen LogP contribution in [0.1, 0.15) is 20.3 Å². The monoisotopic (exact) mass is 200 g/mol. The van der Waals surface area contributed by atoms with Crippen molar-refractivity contribution in [1.82, 2.24) is 10.2 Å². The number of hydrogen-bond acceptors (Lipinski definition) is 3. The normalized spacial score (nSPS) is 22.4. The molecule has 0 bridgehead atoms. The highest BCUT2D eigenvalue weighted by Crippen LogP contribution is 2.12. The van der Waals surface area contributed by atoms with Gasteiger partial charge < -0.3 is 9.64 Å². The van der Waals surface area contributed by atoms with Crippen molar-refractivity contribution in [3.8, 4) is 0 Å². The first-order valence-corrected chi connectivity index (χ1v) is 5.00. The summed E-state index contributed by atoms with van der Waals surface area (Å²) in [6, 6.07) is 0.314. The minimum Gasteiger partial charge on any atom is -0.380 e. The summed E-state index contributed by atoms with van der Waals surface area (Å²) in [5, 5.41) is 3.32. The van der Waals surface area contributed by atoms with E-state index in [-0.39, 0.29) is 5.91 Å². The highest BCUT2D eigenvalue weighted by atomic mass is 16.5. The predicted molar refractivity (Wildman–Crippen MR) is 55.1 cm³/mol. The summed E-state index contributed by atoms with van der Waals surface area (Å²) in [7, 11) is 3.55. The number of amides is 1. The zero-order chi connectivity index (χ0) is 10.8. The van der Waals surface area contributed by atoms with E-state index in [4.69, 9.17) is 4.74 Å². The molecule has 1 N–H and O–H groups in total. The highest BCUT2D eigenvalue weighted by molar-refractivity contribution is 5.85. The van der Waals surface area contributed by atoms with Crippen LogP contribution in [0.2, 0.25) is 0 Å². The third kappa shape index (κ3) is 2.69. The average molecular weight is 200 g/mol. The number of ether oxygens (including phenoxy) is 1. The van der Waals surface area contributed by atoms with E-state index < -0.39 is 5.54 Å². The van der Waals surface area contributed by atoms with Crippen molar-refractivity contribution < 1.29 is 9.53 Å². The molecule has 1 saturated heterocycles. The molecule has 1 aliphatic heterocycles. The molecule has 1 heterocycles. The van der Waals surface area contributed by atoms with Crippen LogP contribution in [0.3, 0.4) is 0 Å². The number of likely N-dealkylation sites (N-methyl/N-ethyl adjacent to an activating group) is 1. The largest absolute Gasteiger partial charge is 0.380 e. The van der Waals surface area contributed by atoms with Crippen molar-refractivity contribution in [2.45, 2.75) is 31.8 Å². The maximum atomic E-state index is 11.8. The third-order valence-electron chi connectivity index (χ3n) is 2.44. The van der Waals surface area contributed by atoms with Crippen LogP contribution in [0.4, 0.5) is 0 Å². The summed E-state index contributed by atoms with van der Waals surface area (Å²) in [4.78, 5) is 13.4. The fourth-order valence-electron chi connectivity index (χ4n) is 1.78. The van der Waals surface area contributed by atoms with Crippen molar-refractivity contribution in [3.05, 3.63) is 0 Å². The molecule has 1 aliphatic rings. The molecule has 0 spiro atoms. The van der Waals surface area contributed by atoms with Gasteiger partial charge >= 0.3 is 0 Å². The topological polar surface area (TPSA) is 41.6 Å². The summed E-state index contributed by atoms with van der Waals surface area (Å²) >= 11 is 0. The van der Waals surface area contributed by atoms with Crippen LogP contribution in [0, 0.1) is 0 Å². The summed E-state index contributed by atoms with van der Waals surface area (Å²) in [5.74, 6) is 0.101. The lowest BCUT2D eigenvalue weighted by atomic mass is 10.0. The molecule has 0 radical (unpaired) electrons. The Morgan fingerprint density at radius 1 is 1.50 bits per heavy atom. The lowest BCUT2D eigenvalue weighted by molar-refractivity contribution is -0.134. The molecule has 82 valence electrons. The van der Waals surface area contributed by atoms with E-state index in [1.54, 1.807) is 19.0 Å². The zero-order valence-corrected chi connectivity index (χ0v) is 9.46. The van der Waals surface area contributed by atoms with Gasteiger partial charge in [-0.1, -0.05) is 0 Å². The van der Waals surface area contributed by atoms with Gasteiger partial charge in [0.2, 0.25) is 5.91 Å². The Kier molecular flexibility index (Phi) is 3.50. The van der Waals surface area contributed by atoms with Gasteiger partial charge in [-0.2, -0.15) is 0 Å². The Morgan fingerprint density at radius 3 is 2.57 bits per heavy atom. The number of rotatable bonds is 3. The summed E-state index contributed by atoms with van der Waals surface area (Å²) < 4.78 is 5.26. The maximum absolute atomic E-state index is 11.8. The first-order chi connectivity index (χ1) is 6.43. The molecule has 4 heteroatoms. The summed E-state index contributed by atoms with van der Waals surface area (Å²) in [5.41, 5.74) is -0.498. The minimum absolute atomic E-state index is 0.101. The molecule has 1 rings (SSSR count). The second-order valence-electron chi connectivity index (χ2n) is 4.53. The van der Waals surface area contributed by atoms with Crippen molar-refractivity contribution in [2.24, 2.45) is 0 Å². The Labute approximate surface area is 85.6 Å². The molecule has 14 heavy (non-hydrogen) atoms. The van der Waals surface area contributed by atoms with Crippen molar-refractivity contribution in [2.75, 3.05) is 27.3 Å². The molecular formula is C10H20N2O2. The van der Waals surface area contributed by atoms with Crippen molar-refractivity contribution in [3.63, 3.8) is 0 Å². The highest BCUT2D eigenvalue weighted by Gasteiger charge is 2.32. The Bertz CT molecular complexity index is 208. The quantitative estimate of drug-likeness (QED) is 0.709. The second kappa shape index (κ2) is 4.28. The number of nitrogens with one attached hydrogen (secondary N) is 1. The van der Waals surface area contributed by atoms with E-state index in [0.29, 0.717) is 12.6 Å². The molecule has 1 fully saturated rings. The van der Waals surface area contributed by atoms with E-state index in [1.165, 1.54) is 0 Å². The fourth-order valence-corrected chi connectivity index (χ4v) is 1.78. The van der Waals surface area contributed by atoms with Gasteiger partial charge in [-0.3, -0.25) is 10.1 Å². The van der Waals surface area contributed by atoms with Crippen LogP contribution >= 0.6 is 0 Å². The molecule has 4 nitrogen and oxygen atoms in total. The molecule has 0 aliphatic carbocycles. The summed E-state index contributed by atoms with van der Waals surface area (Å²) in [6.07, 6.45) is 0.990. The second-order valence-corrected chi connectivity index (χ2v) is 4.53. The standard InChI is InChI=1S/C10H20N2O2/c1-10(2,9(13)12(3)4)11-8-5-6-14-7-8/h8,11H,5-7H2,1-4H3. The lowest BCUT2D eigenvalue weighted by Crippen LogP contribution is -2.55. The van der Waals surface area contributed by atoms with Gasteiger partial charge in [0, 0.05) is 26.7 Å². The first-order valence-electron chi connectivity index (χ1n) is 5.00. The number of nitrogens with zero attached hydrogens (tertiary/aromatic N) is 1. The molecule has 0 aromatic carbocycles. The smallest absolute Gasteiger partial charge is 0.241 e. The lowest BCUT2D eigenvalue weighted by Gasteiger charge is -2.30. The van der Waals surface area contributed by atoms with Gasteiger partial charge in [-0.05, 0) is 20.3 Å². The van der Waals surface area contributed by atoms with Gasteiger partial charge in [0.25, 0.3) is 0 Å². The van der Waals surface area contributed by atoms with E-state index in [0.717, 1.165) is 13.0 Å². The molecule has 0 saturated carbocycles. The van der Waals surface area contributed by atoms with Crippen LogP contribution < -0.4 is 5.32 Å². The predicted octanol–water partition coefficient (Wildman–Crippen LogP) is 0.232. The van der Waals surface area contributed by atoms with Crippen LogP contribution in [-0.2, 0) is 9.53 Å². The van der Waals surface area contributed by atoms with Gasteiger partial charge in [0.05, 0.1) is 12.1 Å². The fraction of sp³-hybridized carbons (Fsp3) is 0.900. The van der Waals surface area contributed by atoms with Crippen LogP contribution in [0.15, 0.2) is 0 Å². The maximum Gasteiger partial charge on any atom is 0.241 e. The first kappa shape index (κ1) is 11.5. The molecule has 1 amide bonds. The van der Waals surface area contributed by atoms with Crippen molar-refractivity contribution in [1.29, 1.82) is 0 Å². The number of hydrogen-bond donors (Lipinski definition) is 1. The number of carbonyl (C=O) groups excluding carboxylic acids is 1. The van der Waals surface area contributed by atoms with E-state index in [9.17, 15) is 4.79 Å². The molecule has 1 unspecified atom stereocenters. The van der Waals surface area contributed by atoms with E-state index >= 15 is 0 Å². The molecule has 0 aromatic rings. The van der Waals surface area contributed by atoms with Gasteiger partial charge in [-0.25, -0.2) is 0 Å². The van der Waals surface area contributed by atoms with E-state index in [1.807, 2.05) is 13.8 Å². The van der Waals surface area contributed by atoms with Gasteiger partial charge in [-0.15, -0.1) is 0 Å². The van der Waals surface area contributed by atoms with Gasteiger partial charge in [0.15, 0.2) is 0 Å². The summed E-state index contributed by atoms with van der Waals surface area (Å²) in [6.45, 7) is 5.33. The van der Waals surface area contributed by atoms with Crippen LogP contribution in [0.5, 0.6) is 0 Å². The average Bonchev–Trinajstić information content (AvgIpc) is 2.54. The molecular weight excluding hydrogens is 180 g/mol. The number of carbonyl (C=O) groups is 1. The van der Waals surface area contributed by atoms with Crippen LogP contribution in [-0.4, -0.2) is 49.7 Å². The van der Waals surface area contributed by atoms with Gasteiger partial charge in [0.1, 0.15) is 0 Å². The van der Waals surface area contributed by atoms with Crippen molar-refractivity contribution >= 4 is 5.91 Å². The molecule has 0 aromatic heterocycles. The Balaban J connectivity index is 2.51. The Hall–Kier alpha value is -0.610. The third-order valence-corrected chi connectivity index (χ3v) is 2.44. The minimum atomic E-state index is -0.498. The van der Waals surface area contributed by atoms with Crippen LogP contribution in [0.25, 0.3) is 0 Å². The van der Waals surface area contributed by atoms with E-state index in [2.05, 4.69) is 5.32 Å². The SMILES string of the molecule is CN(C)C(=O)C(C)(C)NC1CCOC1.